The molecular formula is C16H15F2NS. The van der Waals surface area contributed by atoms with Crippen molar-refractivity contribution in [2.45, 2.75) is 22.6 Å². The Bertz CT molecular complexity index is 584. The average Bonchev–Trinajstić information content (AvgIpc) is 2.86. The van der Waals surface area contributed by atoms with Crippen molar-refractivity contribution >= 4 is 11.8 Å². The zero-order valence-corrected chi connectivity index (χ0v) is 11.9. The van der Waals surface area contributed by atoms with Crippen LogP contribution in [0.4, 0.5) is 8.78 Å². The van der Waals surface area contributed by atoms with E-state index in [9.17, 15) is 8.78 Å². The van der Waals surface area contributed by atoms with Gasteiger partial charge in [0.1, 0.15) is 11.6 Å². The van der Waals surface area contributed by atoms with Crippen LogP contribution in [0, 0.1) is 11.6 Å². The number of hydrogen-bond acceptors (Lipinski definition) is 2. The summed E-state index contributed by atoms with van der Waals surface area (Å²) in [4.78, 5) is 1.20. The third kappa shape index (κ3) is 2.34. The van der Waals surface area contributed by atoms with Crippen LogP contribution >= 0.6 is 11.8 Å². The van der Waals surface area contributed by atoms with Gasteiger partial charge in [-0.25, -0.2) is 8.78 Å². The van der Waals surface area contributed by atoms with E-state index in [1.54, 1.807) is 18.8 Å². The SMILES string of the molecule is CNC(c1c(F)cccc1F)C1Cc2ccccc2S1. The molecule has 0 fully saturated rings. The molecule has 2 unspecified atom stereocenters. The Kier molecular flexibility index (Phi) is 3.76. The Balaban J connectivity index is 1.93. The number of halogens is 2. The zero-order chi connectivity index (χ0) is 14.1. The molecule has 1 N–H and O–H groups in total. The highest BCUT2D eigenvalue weighted by Gasteiger charge is 2.32. The molecule has 4 heteroatoms. The predicted octanol–water partition coefficient (Wildman–Crippen LogP) is 3.94. The fourth-order valence-electron chi connectivity index (χ4n) is 2.72. The number of rotatable bonds is 3. The van der Waals surface area contributed by atoms with Crippen molar-refractivity contribution in [3.63, 3.8) is 0 Å². The Labute approximate surface area is 121 Å². The Morgan fingerprint density at radius 2 is 1.80 bits per heavy atom. The molecule has 0 bridgehead atoms. The summed E-state index contributed by atoms with van der Waals surface area (Å²) in [5.41, 5.74) is 1.39. The first kappa shape index (κ1) is 13.6. The molecule has 2 aromatic rings. The predicted molar refractivity (Wildman–Crippen MR) is 77.9 cm³/mol. The molecule has 104 valence electrons. The second kappa shape index (κ2) is 5.54. The zero-order valence-electron chi connectivity index (χ0n) is 11.1. The minimum absolute atomic E-state index is 0.101. The standard InChI is InChI=1S/C16H15F2NS/c1-19-16(15-11(17)6-4-7-12(15)18)14-9-10-5-2-3-8-13(10)20-14/h2-8,14,16,19H,9H2,1H3. The second-order valence-corrected chi connectivity index (χ2v) is 6.15. The second-order valence-electron chi connectivity index (χ2n) is 4.87. The normalized spacial score (nSPS) is 18.9. The van der Waals surface area contributed by atoms with Gasteiger partial charge in [-0.05, 0) is 37.2 Å². The lowest BCUT2D eigenvalue weighted by Crippen LogP contribution is -2.29. The number of hydrogen-bond donors (Lipinski definition) is 1. The maximum absolute atomic E-state index is 14.0. The van der Waals surface area contributed by atoms with E-state index in [0.29, 0.717) is 0 Å². The van der Waals surface area contributed by atoms with Gasteiger partial charge in [0.25, 0.3) is 0 Å². The van der Waals surface area contributed by atoms with E-state index in [2.05, 4.69) is 17.4 Å². The van der Waals surface area contributed by atoms with E-state index in [0.717, 1.165) is 6.42 Å². The summed E-state index contributed by atoms with van der Waals surface area (Å²) < 4.78 is 28.0. The van der Waals surface area contributed by atoms with Gasteiger partial charge in [-0.1, -0.05) is 24.3 Å². The lowest BCUT2D eigenvalue weighted by atomic mass is 9.98. The third-order valence-electron chi connectivity index (χ3n) is 3.67. The van der Waals surface area contributed by atoms with E-state index >= 15 is 0 Å². The maximum atomic E-state index is 14.0. The molecule has 3 rings (SSSR count). The molecule has 0 aromatic heterocycles. The number of benzene rings is 2. The highest BCUT2D eigenvalue weighted by atomic mass is 32.2. The molecule has 1 aliphatic rings. The van der Waals surface area contributed by atoms with Crippen LogP contribution < -0.4 is 5.32 Å². The van der Waals surface area contributed by atoms with Gasteiger partial charge in [-0.3, -0.25) is 0 Å². The molecule has 1 nitrogen and oxygen atoms in total. The lowest BCUT2D eigenvalue weighted by Gasteiger charge is -2.23. The average molecular weight is 291 g/mol. The van der Waals surface area contributed by atoms with Crippen molar-refractivity contribution in [2.75, 3.05) is 7.05 Å². The van der Waals surface area contributed by atoms with E-state index in [1.807, 2.05) is 12.1 Å². The fourth-order valence-corrected chi connectivity index (χ4v) is 4.18. The number of thioether (sulfide) groups is 1. The first-order chi connectivity index (χ1) is 9.70. The van der Waals surface area contributed by atoms with Crippen molar-refractivity contribution in [2.24, 2.45) is 0 Å². The third-order valence-corrected chi connectivity index (χ3v) is 5.06. The molecule has 0 radical (unpaired) electrons. The van der Waals surface area contributed by atoms with Crippen LogP contribution in [0.1, 0.15) is 17.2 Å². The van der Waals surface area contributed by atoms with Crippen molar-refractivity contribution in [3.05, 3.63) is 65.2 Å². The van der Waals surface area contributed by atoms with Gasteiger partial charge in [0, 0.05) is 15.7 Å². The molecule has 1 heterocycles. The van der Waals surface area contributed by atoms with Crippen LogP contribution in [-0.2, 0) is 6.42 Å². The van der Waals surface area contributed by atoms with Crippen LogP contribution in [-0.4, -0.2) is 12.3 Å². The maximum Gasteiger partial charge on any atom is 0.130 e. The topological polar surface area (TPSA) is 12.0 Å². The minimum atomic E-state index is -0.485. The molecule has 0 aliphatic carbocycles. The smallest absolute Gasteiger partial charge is 0.130 e. The summed E-state index contributed by atoms with van der Waals surface area (Å²) in [6.45, 7) is 0. The monoisotopic (exact) mass is 291 g/mol. The van der Waals surface area contributed by atoms with Gasteiger partial charge in [0.2, 0.25) is 0 Å². The Hall–Kier alpha value is -1.39. The lowest BCUT2D eigenvalue weighted by molar-refractivity contribution is 0.481. The molecule has 0 saturated carbocycles. The van der Waals surface area contributed by atoms with Gasteiger partial charge < -0.3 is 5.32 Å². The molecule has 0 spiro atoms. The van der Waals surface area contributed by atoms with Crippen LogP contribution in [0.2, 0.25) is 0 Å². The summed E-state index contributed by atoms with van der Waals surface area (Å²) in [7, 11) is 1.75. The van der Waals surface area contributed by atoms with Crippen LogP contribution in [0.15, 0.2) is 47.4 Å². The van der Waals surface area contributed by atoms with Crippen LogP contribution in [0.5, 0.6) is 0 Å². The molecule has 20 heavy (non-hydrogen) atoms. The van der Waals surface area contributed by atoms with Gasteiger partial charge >= 0.3 is 0 Å². The molecule has 2 aromatic carbocycles. The van der Waals surface area contributed by atoms with Gasteiger partial charge in [-0.2, -0.15) is 0 Å². The first-order valence-corrected chi connectivity index (χ1v) is 7.44. The summed E-state index contributed by atoms with van der Waals surface area (Å²) in [6.07, 6.45) is 0.820. The Morgan fingerprint density at radius 1 is 1.10 bits per heavy atom. The summed E-state index contributed by atoms with van der Waals surface area (Å²) in [5.74, 6) is -0.971. The highest BCUT2D eigenvalue weighted by Crippen LogP contribution is 2.43. The van der Waals surface area contributed by atoms with E-state index in [1.165, 1.54) is 28.7 Å². The van der Waals surface area contributed by atoms with E-state index in [-0.39, 0.29) is 16.9 Å². The summed E-state index contributed by atoms with van der Waals surface area (Å²) in [6, 6.07) is 11.8. The van der Waals surface area contributed by atoms with Gasteiger partial charge in [-0.15, -0.1) is 11.8 Å². The first-order valence-electron chi connectivity index (χ1n) is 6.56. The van der Waals surface area contributed by atoms with Gasteiger partial charge in [0.05, 0.1) is 6.04 Å². The highest BCUT2D eigenvalue weighted by molar-refractivity contribution is 8.00. The largest absolute Gasteiger partial charge is 0.312 e. The molecule has 1 aliphatic heterocycles. The molecule has 2 atom stereocenters. The van der Waals surface area contributed by atoms with Crippen molar-refractivity contribution in [1.29, 1.82) is 0 Å². The quantitative estimate of drug-likeness (QED) is 0.919. The van der Waals surface area contributed by atoms with E-state index < -0.39 is 11.6 Å². The fraction of sp³-hybridized carbons (Fsp3) is 0.250. The molecular weight excluding hydrogens is 276 g/mol. The Morgan fingerprint density at radius 3 is 2.45 bits per heavy atom. The van der Waals surface area contributed by atoms with Crippen molar-refractivity contribution in [1.82, 2.24) is 5.32 Å². The van der Waals surface area contributed by atoms with Crippen LogP contribution in [0.25, 0.3) is 0 Å². The number of fused-ring (bicyclic) bond motifs is 1. The van der Waals surface area contributed by atoms with Crippen molar-refractivity contribution < 1.29 is 8.78 Å². The van der Waals surface area contributed by atoms with Crippen molar-refractivity contribution in [3.8, 4) is 0 Å². The minimum Gasteiger partial charge on any atom is -0.312 e. The van der Waals surface area contributed by atoms with Gasteiger partial charge in [0.15, 0.2) is 0 Å². The summed E-state index contributed by atoms with van der Waals surface area (Å²) in [5, 5.41) is 3.18. The van der Waals surface area contributed by atoms with Crippen LogP contribution in [0.3, 0.4) is 0 Å². The number of nitrogens with one attached hydrogen (secondary N) is 1. The molecule has 0 saturated heterocycles. The molecule has 0 amide bonds. The summed E-state index contributed by atoms with van der Waals surface area (Å²) >= 11 is 1.69. The van der Waals surface area contributed by atoms with E-state index in [4.69, 9.17) is 0 Å².